The van der Waals surface area contributed by atoms with Crippen molar-refractivity contribution >= 4 is 17.5 Å². The van der Waals surface area contributed by atoms with Gasteiger partial charge in [-0.1, -0.05) is 24.3 Å². The fourth-order valence-electron chi connectivity index (χ4n) is 3.73. The molecule has 1 atom stereocenters. The van der Waals surface area contributed by atoms with Gasteiger partial charge >= 0.3 is 0 Å². The lowest BCUT2D eigenvalue weighted by atomic mass is 9.90. The summed E-state index contributed by atoms with van der Waals surface area (Å²) in [6.07, 6.45) is 3.30. The predicted molar refractivity (Wildman–Crippen MR) is 96.9 cm³/mol. The van der Waals surface area contributed by atoms with E-state index in [4.69, 9.17) is 4.74 Å². The van der Waals surface area contributed by atoms with E-state index in [9.17, 15) is 9.59 Å². The molecular weight excluding hydrogens is 330 g/mol. The Balaban J connectivity index is 1.54. The van der Waals surface area contributed by atoms with Crippen LogP contribution in [0.3, 0.4) is 0 Å². The maximum absolute atomic E-state index is 12.8. The van der Waals surface area contributed by atoms with E-state index in [1.165, 1.54) is 0 Å². The van der Waals surface area contributed by atoms with Gasteiger partial charge in [0.2, 0.25) is 0 Å². The van der Waals surface area contributed by atoms with Crippen molar-refractivity contribution in [3.8, 4) is 0 Å². The SMILES string of the molecule is O=C(c1ccccn1)N1CCCC2(C1)CN(c1ccccc1)C(=O)CO2. The average molecular weight is 351 g/mol. The Morgan fingerprint density at radius 2 is 1.88 bits per heavy atom. The van der Waals surface area contributed by atoms with Gasteiger partial charge in [0.15, 0.2) is 0 Å². The summed E-state index contributed by atoms with van der Waals surface area (Å²) in [5.41, 5.74) is 0.789. The van der Waals surface area contributed by atoms with E-state index >= 15 is 0 Å². The van der Waals surface area contributed by atoms with Gasteiger partial charge in [-0.25, -0.2) is 0 Å². The number of benzene rings is 1. The normalized spacial score (nSPS) is 23.3. The first-order chi connectivity index (χ1) is 12.7. The highest BCUT2D eigenvalue weighted by atomic mass is 16.5. The number of piperidine rings is 1. The molecule has 0 bridgehead atoms. The number of para-hydroxylation sites is 1. The lowest BCUT2D eigenvalue weighted by Gasteiger charge is -2.47. The highest BCUT2D eigenvalue weighted by molar-refractivity contribution is 5.95. The van der Waals surface area contributed by atoms with E-state index in [2.05, 4.69) is 4.98 Å². The maximum atomic E-state index is 12.8. The van der Waals surface area contributed by atoms with Crippen LogP contribution in [0.25, 0.3) is 0 Å². The molecule has 0 aliphatic carbocycles. The fraction of sp³-hybridized carbons (Fsp3) is 0.350. The number of pyridine rings is 1. The van der Waals surface area contributed by atoms with Crippen LogP contribution in [0.15, 0.2) is 54.7 Å². The van der Waals surface area contributed by atoms with E-state index in [1.54, 1.807) is 28.1 Å². The Bertz CT molecular complexity index is 796. The Labute approximate surface area is 152 Å². The van der Waals surface area contributed by atoms with E-state index in [0.717, 1.165) is 18.5 Å². The van der Waals surface area contributed by atoms with E-state index in [-0.39, 0.29) is 18.4 Å². The van der Waals surface area contributed by atoms with Crippen LogP contribution in [0.5, 0.6) is 0 Å². The summed E-state index contributed by atoms with van der Waals surface area (Å²) < 4.78 is 5.98. The Morgan fingerprint density at radius 1 is 1.08 bits per heavy atom. The van der Waals surface area contributed by atoms with Crippen LogP contribution in [0.2, 0.25) is 0 Å². The van der Waals surface area contributed by atoms with Crippen molar-refractivity contribution in [1.29, 1.82) is 0 Å². The van der Waals surface area contributed by atoms with Gasteiger partial charge in [0.05, 0.1) is 13.1 Å². The number of likely N-dealkylation sites (tertiary alicyclic amines) is 1. The van der Waals surface area contributed by atoms with Crippen LogP contribution in [0, 0.1) is 0 Å². The molecule has 0 N–H and O–H groups in total. The van der Waals surface area contributed by atoms with Crippen LogP contribution in [-0.4, -0.2) is 53.5 Å². The van der Waals surface area contributed by atoms with Crippen molar-refractivity contribution in [2.45, 2.75) is 18.4 Å². The Morgan fingerprint density at radius 3 is 2.65 bits per heavy atom. The van der Waals surface area contributed by atoms with Crippen molar-refractivity contribution < 1.29 is 14.3 Å². The molecule has 0 saturated carbocycles. The summed E-state index contributed by atoms with van der Waals surface area (Å²) in [5.74, 6) is -0.133. The van der Waals surface area contributed by atoms with Gasteiger partial charge in [-0.05, 0) is 37.1 Å². The van der Waals surface area contributed by atoms with Crippen LogP contribution in [0.1, 0.15) is 23.3 Å². The minimum atomic E-state index is -0.521. The first-order valence-corrected chi connectivity index (χ1v) is 8.87. The largest absolute Gasteiger partial charge is 0.361 e. The third-order valence-corrected chi connectivity index (χ3v) is 5.03. The number of amides is 2. The predicted octanol–water partition coefficient (Wildman–Crippen LogP) is 2.12. The van der Waals surface area contributed by atoms with Gasteiger partial charge in [-0.3, -0.25) is 14.6 Å². The molecule has 6 nitrogen and oxygen atoms in total. The molecule has 134 valence electrons. The maximum Gasteiger partial charge on any atom is 0.272 e. The zero-order valence-electron chi connectivity index (χ0n) is 14.5. The smallest absolute Gasteiger partial charge is 0.272 e. The summed E-state index contributed by atoms with van der Waals surface area (Å²) in [6, 6.07) is 15.0. The molecule has 2 saturated heterocycles. The summed E-state index contributed by atoms with van der Waals surface area (Å²) in [5, 5.41) is 0. The molecule has 2 aliphatic rings. The summed E-state index contributed by atoms with van der Waals surface area (Å²) >= 11 is 0. The number of morpholine rings is 1. The number of aromatic nitrogens is 1. The molecule has 1 aromatic carbocycles. The van der Waals surface area contributed by atoms with Gasteiger partial charge in [-0.15, -0.1) is 0 Å². The molecule has 4 rings (SSSR count). The van der Waals surface area contributed by atoms with Crippen LogP contribution >= 0.6 is 0 Å². The van der Waals surface area contributed by atoms with Crippen molar-refractivity contribution in [3.05, 3.63) is 60.4 Å². The number of rotatable bonds is 2. The average Bonchev–Trinajstić information content (AvgIpc) is 2.71. The second-order valence-corrected chi connectivity index (χ2v) is 6.83. The van der Waals surface area contributed by atoms with E-state index in [1.807, 2.05) is 36.4 Å². The molecule has 0 radical (unpaired) electrons. The topological polar surface area (TPSA) is 62.7 Å². The monoisotopic (exact) mass is 351 g/mol. The second kappa shape index (κ2) is 6.88. The molecule has 2 aliphatic heterocycles. The quantitative estimate of drug-likeness (QED) is 0.831. The molecule has 1 aromatic heterocycles. The minimum absolute atomic E-state index is 0.0422. The second-order valence-electron chi connectivity index (χ2n) is 6.83. The number of hydrogen-bond donors (Lipinski definition) is 0. The number of carbonyl (C=O) groups is 2. The van der Waals surface area contributed by atoms with Crippen LogP contribution < -0.4 is 4.90 Å². The third-order valence-electron chi connectivity index (χ3n) is 5.03. The highest BCUT2D eigenvalue weighted by Gasteiger charge is 2.44. The number of hydrogen-bond acceptors (Lipinski definition) is 4. The molecular formula is C20H21N3O3. The highest BCUT2D eigenvalue weighted by Crippen LogP contribution is 2.32. The zero-order chi connectivity index (χ0) is 18.0. The first kappa shape index (κ1) is 16.7. The van der Waals surface area contributed by atoms with Gasteiger partial charge < -0.3 is 14.5 Å². The van der Waals surface area contributed by atoms with E-state index in [0.29, 0.717) is 25.3 Å². The molecule has 2 fully saturated rings. The lowest BCUT2D eigenvalue weighted by Crippen LogP contribution is -2.62. The molecule has 2 amide bonds. The van der Waals surface area contributed by atoms with Crippen LogP contribution in [0.4, 0.5) is 5.69 Å². The van der Waals surface area contributed by atoms with Gasteiger partial charge in [0, 0.05) is 18.4 Å². The molecule has 1 spiro atoms. The van der Waals surface area contributed by atoms with Gasteiger partial charge in [-0.2, -0.15) is 0 Å². The first-order valence-electron chi connectivity index (χ1n) is 8.87. The van der Waals surface area contributed by atoms with Crippen LogP contribution in [-0.2, 0) is 9.53 Å². The Kier molecular flexibility index (Phi) is 4.42. The van der Waals surface area contributed by atoms with Crippen molar-refractivity contribution in [2.75, 3.05) is 31.1 Å². The zero-order valence-corrected chi connectivity index (χ0v) is 14.5. The number of anilines is 1. The third kappa shape index (κ3) is 3.20. The van der Waals surface area contributed by atoms with E-state index < -0.39 is 5.60 Å². The molecule has 1 unspecified atom stereocenters. The molecule has 2 aromatic rings. The van der Waals surface area contributed by atoms with Crippen molar-refractivity contribution in [3.63, 3.8) is 0 Å². The lowest BCUT2D eigenvalue weighted by molar-refractivity contribution is -0.144. The Hall–Kier alpha value is -2.73. The summed E-state index contributed by atoms with van der Waals surface area (Å²) in [4.78, 5) is 32.9. The molecule has 26 heavy (non-hydrogen) atoms. The van der Waals surface area contributed by atoms with Gasteiger partial charge in [0.1, 0.15) is 17.9 Å². The van der Waals surface area contributed by atoms with Crippen molar-refractivity contribution in [2.24, 2.45) is 0 Å². The summed E-state index contributed by atoms with van der Waals surface area (Å²) in [6.45, 7) is 1.65. The molecule has 3 heterocycles. The summed E-state index contributed by atoms with van der Waals surface area (Å²) in [7, 11) is 0. The van der Waals surface area contributed by atoms with Crippen molar-refractivity contribution in [1.82, 2.24) is 9.88 Å². The number of nitrogens with zero attached hydrogens (tertiary/aromatic N) is 3. The minimum Gasteiger partial charge on any atom is -0.361 e. The standard InChI is InChI=1S/C20H21N3O3/c24-18-13-26-20(15-23(18)16-7-2-1-3-8-16)10-6-12-22(14-20)19(25)17-9-4-5-11-21-17/h1-5,7-9,11H,6,10,12-15H2. The fourth-order valence-corrected chi connectivity index (χ4v) is 3.73. The van der Waals surface area contributed by atoms with Gasteiger partial charge in [0.25, 0.3) is 11.8 Å². The number of carbonyl (C=O) groups excluding carboxylic acids is 2. The molecule has 6 heteroatoms. The number of ether oxygens (including phenoxy) is 1.